The Labute approximate surface area is 88.0 Å². The fraction of sp³-hybridized carbons (Fsp3) is 0.250. The van der Waals surface area contributed by atoms with E-state index in [4.69, 9.17) is 10.4 Å². The molecule has 0 amide bonds. The fourth-order valence-corrected chi connectivity index (χ4v) is 1.83. The summed E-state index contributed by atoms with van der Waals surface area (Å²) in [5, 5.41) is 18.8. The van der Waals surface area contributed by atoms with Gasteiger partial charge in [0.25, 0.3) is 0 Å². The summed E-state index contributed by atoms with van der Waals surface area (Å²) in [6.07, 6.45) is 0.403. The van der Waals surface area contributed by atoms with E-state index in [0.717, 1.165) is 27.7 Å². The van der Waals surface area contributed by atoms with Crippen LogP contribution in [0.5, 0.6) is 0 Å². The maximum atomic E-state index is 9.05. The number of aliphatic hydroxyl groups excluding tert-OH is 1. The predicted molar refractivity (Wildman–Crippen MR) is 58.3 cm³/mol. The molecule has 1 heterocycles. The molecule has 0 spiro atoms. The molecule has 2 aromatic rings. The van der Waals surface area contributed by atoms with Crippen molar-refractivity contribution >= 4 is 10.9 Å². The minimum atomic E-state index is 0.0339. The van der Waals surface area contributed by atoms with Gasteiger partial charge in [0.05, 0.1) is 19.1 Å². The number of aliphatic hydroxyl groups is 1. The summed E-state index contributed by atoms with van der Waals surface area (Å²) in [6, 6.07) is 7.92. The van der Waals surface area contributed by atoms with Crippen LogP contribution in [0.2, 0.25) is 0 Å². The highest BCUT2D eigenvalue weighted by Crippen LogP contribution is 2.23. The molecule has 0 atom stereocenters. The predicted octanol–water partition coefficient (Wildman–Crippen LogP) is 2.03. The van der Waals surface area contributed by atoms with Gasteiger partial charge in [-0.15, -0.1) is 0 Å². The zero-order valence-corrected chi connectivity index (χ0v) is 8.54. The lowest BCUT2D eigenvalue weighted by Crippen LogP contribution is -1.85. The molecule has 1 aromatic carbocycles. The quantitative estimate of drug-likeness (QED) is 0.779. The zero-order valence-electron chi connectivity index (χ0n) is 8.54. The standard InChI is InChI=1S/C12H12N2O/c1-8-10(4-5-13)11-6-9(7-15)2-3-12(11)14-8/h2-3,6,14-15H,4,7H2,1H3. The Bertz CT molecular complexity index is 534. The summed E-state index contributed by atoms with van der Waals surface area (Å²) in [5.41, 5.74) is 3.96. The molecule has 0 aliphatic rings. The van der Waals surface area contributed by atoms with E-state index in [-0.39, 0.29) is 6.61 Å². The molecular formula is C12H12N2O. The molecular weight excluding hydrogens is 188 g/mol. The van der Waals surface area contributed by atoms with Crippen LogP contribution in [0.15, 0.2) is 18.2 Å². The monoisotopic (exact) mass is 200 g/mol. The van der Waals surface area contributed by atoms with Crippen LogP contribution in [0.4, 0.5) is 0 Å². The normalized spacial score (nSPS) is 10.5. The van der Waals surface area contributed by atoms with E-state index in [1.165, 1.54) is 0 Å². The average molecular weight is 200 g/mol. The molecule has 0 saturated heterocycles. The minimum Gasteiger partial charge on any atom is -0.392 e. The van der Waals surface area contributed by atoms with Crippen LogP contribution >= 0.6 is 0 Å². The van der Waals surface area contributed by atoms with Crippen molar-refractivity contribution in [3.8, 4) is 6.07 Å². The molecule has 0 unspecified atom stereocenters. The van der Waals surface area contributed by atoms with Crippen molar-refractivity contribution in [2.75, 3.05) is 0 Å². The van der Waals surface area contributed by atoms with Crippen molar-refractivity contribution in [3.05, 3.63) is 35.0 Å². The second kappa shape index (κ2) is 3.76. The second-order valence-corrected chi connectivity index (χ2v) is 3.60. The smallest absolute Gasteiger partial charge is 0.0682 e. The number of nitriles is 1. The minimum absolute atomic E-state index is 0.0339. The van der Waals surface area contributed by atoms with Gasteiger partial charge >= 0.3 is 0 Å². The number of hydrogen-bond acceptors (Lipinski definition) is 2. The highest BCUT2D eigenvalue weighted by Gasteiger charge is 2.08. The number of aryl methyl sites for hydroxylation is 1. The van der Waals surface area contributed by atoms with Crippen molar-refractivity contribution in [1.29, 1.82) is 5.26 Å². The molecule has 76 valence electrons. The van der Waals surface area contributed by atoms with Gasteiger partial charge in [-0.25, -0.2) is 0 Å². The van der Waals surface area contributed by atoms with Gasteiger partial charge in [-0.2, -0.15) is 5.26 Å². The molecule has 0 radical (unpaired) electrons. The number of benzene rings is 1. The summed E-state index contributed by atoms with van der Waals surface area (Å²) in [6.45, 7) is 2.00. The Morgan fingerprint density at radius 3 is 2.93 bits per heavy atom. The van der Waals surface area contributed by atoms with Crippen LogP contribution in [0.3, 0.4) is 0 Å². The van der Waals surface area contributed by atoms with Gasteiger partial charge in [-0.1, -0.05) is 6.07 Å². The van der Waals surface area contributed by atoms with Crippen molar-refractivity contribution in [2.45, 2.75) is 20.0 Å². The summed E-state index contributed by atoms with van der Waals surface area (Å²) >= 11 is 0. The van der Waals surface area contributed by atoms with Crippen molar-refractivity contribution in [3.63, 3.8) is 0 Å². The van der Waals surface area contributed by atoms with Gasteiger partial charge in [-0.05, 0) is 30.2 Å². The number of hydrogen-bond donors (Lipinski definition) is 2. The number of nitrogens with one attached hydrogen (secondary N) is 1. The Kier molecular flexibility index (Phi) is 2.44. The first-order valence-electron chi connectivity index (χ1n) is 4.84. The van der Waals surface area contributed by atoms with Crippen LogP contribution in [0.25, 0.3) is 10.9 Å². The third kappa shape index (κ3) is 1.60. The summed E-state index contributed by atoms with van der Waals surface area (Å²) in [7, 11) is 0. The molecule has 2 N–H and O–H groups in total. The van der Waals surface area contributed by atoms with E-state index in [2.05, 4.69) is 11.1 Å². The van der Waals surface area contributed by atoms with Crippen molar-refractivity contribution in [1.82, 2.24) is 4.98 Å². The second-order valence-electron chi connectivity index (χ2n) is 3.60. The average Bonchev–Trinajstić information content (AvgIpc) is 2.55. The Hall–Kier alpha value is -1.79. The number of nitrogens with zero attached hydrogens (tertiary/aromatic N) is 1. The fourth-order valence-electron chi connectivity index (χ4n) is 1.83. The Balaban J connectivity index is 2.67. The first-order chi connectivity index (χ1) is 7.26. The molecule has 0 saturated carbocycles. The first kappa shape index (κ1) is 9.75. The Morgan fingerprint density at radius 2 is 2.27 bits per heavy atom. The van der Waals surface area contributed by atoms with Gasteiger partial charge in [-0.3, -0.25) is 0 Å². The van der Waals surface area contributed by atoms with Gasteiger partial charge in [0, 0.05) is 16.6 Å². The number of fused-ring (bicyclic) bond motifs is 1. The maximum absolute atomic E-state index is 9.05. The van der Waals surface area contributed by atoms with Gasteiger partial charge in [0.2, 0.25) is 0 Å². The SMILES string of the molecule is Cc1[nH]c2ccc(CO)cc2c1CC#N. The lowest BCUT2D eigenvalue weighted by atomic mass is 10.1. The van der Waals surface area contributed by atoms with E-state index in [1.807, 2.05) is 25.1 Å². The van der Waals surface area contributed by atoms with Crippen LogP contribution in [-0.4, -0.2) is 10.1 Å². The van der Waals surface area contributed by atoms with Gasteiger partial charge < -0.3 is 10.1 Å². The van der Waals surface area contributed by atoms with E-state index >= 15 is 0 Å². The van der Waals surface area contributed by atoms with Crippen LogP contribution in [0.1, 0.15) is 16.8 Å². The van der Waals surface area contributed by atoms with Crippen LogP contribution < -0.4 is 0 Å². The Morgan fingerprint density at radius 1 is 1.47 bits per heavy atom. The maximum Gasteiger partial charge on any atom is 0.0682 e. The number of H-pyrrole nitrogens is 1. The zero-order chi connectivity index (χ0) is 10.8. The largest absolute Gasteiger partial charge is 0.392 e. The highest BCUT2D eigenvalue weighted by atomic mass is 16.3. The topological polar surface area (TPSA) is 59.8 Å². The molecule has 15 heavy (non-hydrogen) atoms. The number of rotatable bonds is 2. The van der Waals surface area contributed by atoms with E-state index in [0.29, 0.717) is 6.42 Å². The molecule has 3 nitrogen and oxygen atoms in total. The van der Waals surface area contributed by atoms with Gasteiger partial charge in [0.15, 0.2) is 0 Å². The molecule has 2 rings (SSSR count). The molecule has 0 aliphatic carbocycles. The van der Waals surface area contributed by atoms with E-state index in [9.17, 15) is 0 Å². The molecule has 0 aliphatic heterocycles. The summed E-state index contributed by atoms with van der Waals surface area (Å²) in [4.78, 5) is 3.23. The molecule has 1 aromatic heterocycles. The highest BCUT2D eigenvalue weighted by molar-refractivity contribution is 5.85. The van der Waals surface area contributed by atoms with Crippen LogP contribution in [-0.2, 0) is 13.0 Å². The van der Waals surface area contributed by atoms with Gasteiger partial charge in [0.1, 0.15) is 0 Å². The van der Waals surface area contributed by atoms with Crippen molar-refractivity contribution in [2.24, 2.45) is 0 Å². The first-order valence-corrected chi connectivity index (χ1v) is 4.84. The summed E-state index contributed by atoms with van der Waals surface area (Å²) < 4.78 is 0. The van der Waals surface area contributed by atoms with Crippen molar-refractivity contribution < 1.29 is 5.11 Å². The molecule has 3 heteroatoms. The lowest BCUT2D eigenvalue weighted by Gasteiger charge is -1.97. The third-order valence-electron chi connectivity index (χ3n) is 2.62. The lowest BCUT2D eigenvalue weighted by molar-refractivity contribution is 0.282. The number of aromatic nitrogens is 1. The van der Waals surface area contributed by atoms with E-state index < -0.39 is 0 Å². The van der Waals surface area contributed by atoms with E-state index in [1.54, 1.807) is 0 Å². The molecule has 0 fully saturated rings. The number of aromatic amines is 1. The van der Waals surface area contributed by atoms with Crippen LogP contribution in [0, 0.1) is 18.3 Å². The third-order valence-corrected chi connectivity index (χ3v) is 2.62. The molecule has 0 bridgehead atoms. The summed E-state index contributed by atoms with van der Waals surface area (Å²) in [5.74, 6) is 0.